The van der Waals surface area contributed by atoms with Crippen LogP contribution in [-0.4, -0.2) is 17.4 Å². The van der Waals surface area contributed by atoms with Crippen molar-refractivity contribution in [1.29, 1.82) is 0 Å². The summed E-state index contributed by atoms with van der Waals surface area (Å²) in [6.45, 7) is 0. The second-order valence-electron chi connectivity index (χ2n) is 0.101. The first-order valence-electron chi connectivity index (χ1n) is 0.535. The molecule has 4 heavy (non-hydrogen) atoms. The van der Waals surface area contributed by atoms with E-state index in [0.717, 1.165) is 0 Å². The van der Waals surface area contributed by atoms with Crippen LogP contribution in [-0.2, 0) is 18.1 Å². The minimum absolute atomic E-state index is 0. The van der Waals surface area contributed by atoms with E-state index < -0.39 is 18.1 Å². The van der Waals surface area contributed by atoms with Gasteiger partial charge in [-0.2, -0.15) is 0 Å². The van der Waals surface area contributed by atoms with Crippen LogP contribution in [0.15, 0.2) is 0 Å². The first-order chi connectivity index (χ1) is 1.41. The van der Waals surface area contributed by atoms with Gasteiger partial charge in [-0.05, 0) is 0 Å². The van der Waals surface area contributed by atoms with Gasteiger partial charge in [-0.25, -0.2) is 0 Å². The van der Waals surface area contributed by atoms with Crippen LogP contribution in [0, 0.1) is 0 Å². The van der Waals surface area contributed by atoms with Crippen molar-refractivity contribution < 1.29 is 24.8 Å². The number of rotatable bonds is 0. The van der Waals surface area contributed by atoms with E-state index in [1.54, 1.807) is 0 Å². The molecular formula is H3AlF2Zn. The predicted molar refractivity (Wildman–Crippen MR) is 12.2 cm³/mol. The number of halogens is 2. The Hall–Kier alpha value is 1.02. The number of hydrogen-bond acceptors (Lipinski definition) is 0. The fourth-order valence-corrected chi connectivity index (χ4v) is 0. The Morgan fingerprint density at radius 3 is 1.25 bits per heavy atom. The van der Waals surface area contributed by atoms with Crippen molar-refractivity contribution in [3.8, 4) is 0 Å². The monoisotopic (exact) mass is 132 g/mol. The van der Waals surface area contributed by atoms with Gasteiger partial charge >= 0.3 is 24.8 Å². The van der Waals surface area contributed by atoms with Crippen LogP contribution in [0.4, 0.5) is 6.63 Å². The Bertz CT molecular complexity index is 6.00. The third-order valence-electron chi connectivity index (χ3n) is 0. The molecule has 0 aromatic heterocycles. The summed E-state index contributed by atoms with van der Waals surface area (Å²) in [6, 6.07) is 0. The van der Waals surface area contributed by atoms with Crippen LogP contribution in [0.25, 0.3) is 0 Å². The molecule has 0 nitrogen and oxygen atoms in total. The zero-order valence-corrected chi connectivity index (χ0v) is 4.43. The maximum atomic E-state index is 9.81. The minimum atomic E-state index is -2.88. The van der Waals surface area contributed by atoms with Gasteiger partial charge < -0.3 is 0 Å². The van der Waals surface area contributed by atoms with Crippen molar-refractivity contribution in [2.45, 2.75) is 0 Å². The van der Waals surface area contributed by atoms with Gasteiger partial charge in [0.05, 0.1) is 0 Å². The van der Waals surface area contributed by atoms with Crippen LogP contribution < -0.4 is 0 Å². The standard InChI is InChI=1S/Al.2FH.Zn.3H/h;2*1H;;;;/q;;;+2;;;/p-2. The summed E-state index contributed by atoms with van der Waals surface area (Å²) in [6.07, 6.45) is 0. The van der Waals surface area contributed by atoms with Crippen molar-refractivity contribution in [2.75, 3.05) is 0 Å². The third-order valence-corrected chi connectivity index (χ3v) is 0. The molecule has 0 fully saturated rings. The van der Waals surface area contributed by atoms with Crippen LogP contribution in [0.2, 0.25) is 0 Å². The molecule has 0 N–H and O–H groups in total. The first-order valence-corrected chi connectivity index (χ1v) is 2.78. The van der Waals surface area contributed by atoms with Gasteiger partial charge in [0.2, 0.25) is 0 Å². The second-order valence-corrected chi connectivity index (χ2v) is 0.525. The normalized spacial score (nSPS) is 2.50. The van der Waals surface area contributed by atoms with E-state index >= 15 is 0 Å². The van der Waals surface area contributed by atoms with E-state index in [0.29, 0.717) is 0 Å². The molecular weight excluding hydrogens is 130 g/mol. The summed E-state index contributed by atoms with van der Waals surface area (Å²) in [4.78, 5) is 0. The van der Waals surface area contributed by atoms with Gasteiger partial charge in [0.25, 0.3) is 0 Å². The average Bonchev–Trinajstić information content (AvgIpc) is 0.918. The molecule has 0 rings (SSSR count). The molecule has 0 heterocycles. The topological polar surface area (TPSA) is 0 Å². The Balaban J connectivity index is 0. The Labute approximate surface area is 42.5 Å². The molecule has 0 amide bonds. The fraction of sp³-hybridized carbons (Fsp3) is 0. The Morgan fingerprint density at radius 1 is 1.25 bits per heavy atom. The summed E-state index contributed by atoms with van der Waals surface area (Å²) in [5.74, 6) is 0. The van der Waals surface area contributed by atoms with Crippen LogP contribution in [0.3, 0.4) is 0 Å². The summed E-state index contributed by atoms with van der Waals surface area (Å²) in [7, 11) is 0. The van der Waals surface area contributed by atoms with Crippen molar-refractivity contribution in [3.05, 3.63) is 0 Å². The van der Waals surface area contributed by atoms with Gasteiger partial charge in [-0.3, -0.25) is 0 Å². The molecule has 0 saturated heterocycles. The first kappa shape index (κ1) is 8.89. The SMILES string of the molecule is [AlH3].[F][Zn][F]. The third kappa shape index (κ3) is 11.9. The molecule has 0 bridgehead atoms. The summed E-state index contributed by atoms with van der Waals surface area (Å²) >= 11 is -2.88. The zero-order chi connectivity index (χ0) is 2.71. The van der Waals surface area contributed by atoms with E-state index in [4.69, 9.17) is 0 Å². The van der Waals surface area contributed by atoms with E-state index in [-0.39, 0.29) is 17.4 Å². The van der Waals surface area contributed by atoms with Gasteiger partial charge in [0.1, 0.15) is 0 Å². The Kier molecular flexibility index (Phi) is 20.0. The molecule has 0 aromatic rings. The van der Waals surface area contributed by atoms with E-state index in [1.807, 2.05) is 0 Å². The van der Waals surface area contributed by atoms with E-state index in [1.165, 1.54) is 0 Å². The molecule has 22 valence electrons. The van der Waals surface area contributed by atoms with E-state index in [2.05, 4.69) is 0 Å². The molecule has 0 aliphatic carbocycles. The molecule has 0 aromatic carbocycles. The summed E-state index contributed by atoms with van der Waals surface area (Å²) in [5.41, 5.74) is 0. The van der Waals surface area contributed by atoms with Gasteiger partial charge in [-0.15, -0.1) is 0 Å². The fourth-order valence-electron chi connectivity index (χ4n) is 0. The van der Waals surface area contributed by atoms with Gasteiger partial charge in [0, 0.05) is 0 Å². The van der Waals surface area contributed by atoms with Crippen molar-refractivity contribution in [3.63, 3.8) is 0 Å². The molecule has 0 radical (unpaired) electrons. The quantitative estimate of drug-likeness (QED) is 0.397. The second kappa shape index (κ2) is 8.99. The Morgan fingerprint density at radius 2 is 1.25 bits per heavy atom. The van der Waals surface area contributed by atoms with Gasteiger partial charge in [0.15, 0.2) is 17.4 Å². The van der Waals surface area contributed by atoms with E-state index in [9.17, 15) is 6.63 Å². The van der Waals surface area contributed by atoms with Crippen molar-refractivity contribution in [1.82, 2.24) is 0 Å². The zero-order valence-electron chi connectivity index (χ0n) is 1.46. The summed E-state index contributed by atoms with van der Waals surface area (Å²) < 4.78 is 19.6. The molecule has 0 spiro atoms. The van der Waals surface area contributed by atoms with Crippen LogP contribution in [0.5, 0.6) is 0 Å². The van der Waals surface area contributed by atoms with Crippen molar-refractivity contribution >= 4 is 17.4 Å². The van der Waals surface area contributed by atoms with Crippen molar-refractivity contribution in [2.24, 2.45) is 0 Å². The number of hydrogen-bond donors (Lipinski definition) is 0. The van der Waals surface area contributed by atoms with Gasteiger partial charge in [-0.1, -0.05) is 0 Å². The molecule has 0 saturated carbocycles. The molecule has 4 heteroatoms. The molecule has 0 aliphatic rings. The van der Waals surface area contributed by atoms with Crippen LogP contribution in [0.1, 0.15) is 0 Å². The average molecular weight is 133 g/mol. The molecule has 0 atom stereocenters. The van der Waals surface area contributed by atoms with Crippen LogP contribution >= 0.6 is 0 Å². The predicted octanol–water partition coefficient (Wildman–Crippen LogP) is -0.346. The molecule has 0 unspecified atom stereocenters. The molecule has 0 aliphatic heterocycles. The maximum absolute atomic E-state index is 9.81. The summed E-state index contributed by atoms with van der Waals surface area (Å²) in [5, 5.41) is 0.